The number of nitrogen functional groups attached to an aromatic ring is 1. The summed E-state index contributed by atoms with van der Waals surface area (Å²) < 4.78 is 0.947. The van der Waals surface area contributed by atoms with Crippen LogP contribution in [0.25, 0.3) is 10.9 Å². The van der Waals surface area contributed by atoms with Crippen molar-refractivity contribution < 1.29 is 0 Å². The van der Waals surface area contributed by atoms with Gasteiger partial charge in [0.25, 0.3) is 0 Å². The Morgan fingerprint density at radius 1 is 1.32 bits per heavy atom. The fourth-order valence-corrected chi connectivity index (χ4v) is 2.64. The van der Waals surface area contributed by atoms with E-state index in [0.29, 0.717) is 0 Å². The topological polar surface area (TPSA) is 42.1 Å². The van der Waals surface area contributed by atoms with Crippen LogP contribution in [0.2, 0.25) is 0 Å². The van der Waals surface area contributed by atoms with Crippen LogP contribution in [0.5, 0.6) is 0 Å². The summed E-state index contributed by atoms with van der Waals surface area (Å²) in [5.41, 5.74) is 9.11. The van der Waals surface area contributed by atoms with Crippen molar-refractivity contribution >= 4 is 38.2 Å². The maximum Gasteiger partial charge on any atom is 0.0956 e. The lowest BCUT2D eigenvalue weighted by atomic mass is 9.96. The molecule has 4 heteroatoms. The predicted octanol–water partition coefficient (Wildman–Crippen LogP) is 4.06. The Bertz CT molecular complexity index is 602. The van der Waals surface area contributed by atoms with Crippen molar-refractivity contribution in [3.05, 3.63) is 28.9 Å². The first-order chi connectivity index (χ1) is 8.78. The van der Waals surface area contributed by atoms with Crippen LogP contribution in [0.15, 0.2) is 28.9 Å². The van der Waals surface area contributed by atoms with Gasteiger partial charge in [0.1, 0.15) is 0 Å². The minimum absolute atomic E-state index is 0.234. The van der Waals surface area contributed by atoms with Crippen molar-refractivity contribution in [2.45, 2.75) is 20.8 Å². The van der Waals surface area contributed by atoms with E-state index < -0.39 is 0 Å². The molecule has 1 aromatic carbocycles. The third kappa shape index (κ3) is 3.18. The van der Waals surface area contributed by atoms with Gasteiger partial charge in [0.05, 0.1) is 11.2 Å². The zero-order valence-corrected chi connectivity index (χ0v) is 13.5. The molecular weight excluding hydrogens is 302 g/mol. The second-order valence-corrected chi connectivity index (χ2v) is 7.06. The van der Waals surface area contributed by atoms with Crippen molar-refractivity contribution in [2.75, 3.05) is 24.2 Å². The highest BCUT2D eigenvalue weighted by Crippen LogP contribution is 2.31. The second-order valence-electron chi connectivity index (χ2n) is 6.14. The number of hydrogen-bond donors (Lipinski definition) is 1. The van der Waals surface area contributed by atoms with Crippen LogP contribution in [0.3, 0.4) is 0 Å². The summed E-state index contributed by atoms with van der Waals surface area (Å²) in [4.78, 5) is 6.76. The fraction of sp³-hybridized carbons (Fsp3) is 0.400. The number of anilines is 2. The molecule has 2 N–H and O–H groups in total. The van der Waals surface area contributed by atoms with E-state index in [4.69, 9.17) is 5.73 Å². The van der Waals surface area contributed by atoms with Crippen LogP contribution in [-0.4, -0.2) is 18.6 Å². The van der Waals surface area contributed by atoms with Crippen LogP contribution in [0.4, 0.5) is 11.4 Å². The van der Waals surface area contributed by atoms with Crippen molar-refractivity contribution in [3.63, 3.8) is 0 Å². The number of pyridine rings is 1. The molecule has 0 saturated heterocycles. The molecule has 1 aromatic heterocycles. The number of nitrogens with zero attached hydrogens (tertiary/aromatic N) is 2. The zero-order valence-electron chi connectivity index (χ0n) is 11.9. The van der Waals surface area contributed by atoms with Crippen molar-refractivity contribution in [2.24, 2.45) is 5.41 Å². The molecule has 0 amide bonds. The number of rotatable bonds is 2. The van der Waals surface area contributed by atoms with Gasteiger partial charge in [-0.2, -0.15) is 0 Å². The maximum atomic E-state index is 6.04. The maximum absolute atomic E-state index is 6.04. The molecule has 0 saturated carbocycles. The number of nitrogens with two attached hydrogens (primary N) is 1. The number of hydrogen-bond acceptors (Lipinski definition) is 3. The normalized spacial score (nSPS) is 11.8. The van der Waals surface area contributed by atoms with Crippen LogP contribution in [-0.2, 0) is 0 Å². The quantitative estimate of drug-likeness (QED) is 0.848. The van der Waals surface area contributed by atoms with E-state index in [0.717, 1.165) is 33.3 Å². The summed E-state index contributed by atoms with van der Waals surface area (Å²) in [6.45, 7) is 7.65. The Kier molecular flexibility index (Phi) is 3.72. The average Bonchev–Trinajstić information content (AvgIpc) is 2.27. The van der Waals surface area contributed by atoms with Gasteiger partial charge in [-0.05, 0) is 39.5 Å². The van der Waals surface area contributed by atoms with Gasteiger partial charge in [0.2, 0.25) is 0 Å². The van der Waals surface area contributed by atoms with Gasteiger partial charge in [0.15, 0.2) is 0 Å². The van der Waals surface area contributed by atoms with E-state index in [9.17, 15) is 0 Å². The summed E-state index contributed by atoms with van der Waals surface area (Å²) in [6, 6.07) is 6.02. The summed E-state index contributed by atoms with van der Waals surface area (Å²) >= 11 is 3.45. The molecule has 0 aliphatic rings. The smallest absolute Gasteiger partial charge is 0.0956 e. The molecule has 0 unspecified atom stereocenters. The third-order valence-electron chi connectivity index (χ3n) is 2.95. The van der Waals surface area contributed by atoms with E-state index in [1.807, 2.05) is 24.4 Å². The summed E-state index contributed by atoms with van der Waals surface area (Å²) in [5.74, 6) is 0. The number of fused-ring (bicyclic) bond motifs is 1. The second kappa shape index (κ2) is 5.00. The van der Waals surface area contributed by atoms with Crippen LogP contribution in [0.1, 0.15) is 20.8 Å². The monoisotopic (exact) mass is 321 g/mol. The SMILES string of the molecule is CN(CC(C)(C)C)c1ccc(N)c2cc(Br)cnc12. The van der Waals surface area contributed by atoms with Gasteiger partial charge < -0.3 is 10.6 Å². The van der Waals surface area contributed by atoms with Crippen molar-refractivity contribution in [1.82, 2.24) is 4.98 Å². The molecule has 0 aliphatic carbocycles. The average molecular weight is 322 g/mol. The molecule has 0 fully saturated rings. The first-order valence-corrected chi connectivity index (χ1v) is 7.12. The van der Waals surface area contributed by atoms with Gasteiger partial charge >= 0.3 is 0 Å². The third-order valence-corrected chi connectivity index (χ3v) is 3.39. The van der Waals surface area contributed by atoms with Gasteiger partial charge in [-0.3, -0.25) is 4.98 Å². The minimum atomic E-state index is 0.234. The molecule has 2 aromatic rings. The van der Waals surface area contributed by atoms with E-state index >= 15 is 0 Å². The van der Waals surface area contributed by atoms with Crippen LogP contribution in [0, 0.1) is 5.41 Å². The highest BCUT2D eigenvalue weighted by Gasteiger charge is 2.16. The number of halogens is 1. The molecule has 19 heavy (non-hydrogen) atoms. The number of aromatic nitrogens is 1. The molecular formula is C15H20BrN3. The first-order valence-electron chi connectivity index (χ1n) is 6.33. The summed E-state index contributed by atoms with van der Waals surface area (Å²) in [6.07, 6.45) is 1.82. The van der Waals surface area contributed by atoms with Crippen molar-refractivity contribution in [1.29, 1.82) is 0 Å². The molecule has 3 nitrogen and oxygen atoms in total. The van der Waals surface area contributed by atoms with E-state index in [1.54, 1.807) is 0 Å². The predicted molar refractivity (Wildman–Crippen MR) is 86.6 cm³/mol. The Labute approximate surface area is 122 Å². The molecule has 0 aliphatic heterocycles. The molecule has 0 bridgehead atoms. The molecule has 102 valence electrons. The van der Waals surface area contributed by atoms with Gasteiger partial charge in [-0.15, -0.1) is 0 Å². The van der Waals surface area contributed by atoms with E-state index in [1.165, 1.54) is 0 Å². The van der Waals surface area contributed by atoms with E-state index in [-0.39, 0.29) is 5.41 Å². The molecule has 0 atom stereocenters. The fourth-order valence-electron chi connectivity index (χ4n) is 2.31. The van der Waals surface area contributed by atoms with Gasteiger partial charge in [-0.1, -0.05) is 20.8 Å². The lowest BCUT2D eigenvalue weighted by molar-refractivity contribution is 0.419. The molecule has 0 spiro atoms. The Balaban J connectivity index is 2.53. The Morgan fingerprint density at radius 3 is 2.63 bits per heavy atom. The Hall–Kier alpha value is -1.29. The van der Waals surface area contributed by atoms with Gasteiger partial charge in [-0.25, -0.2) is 0 Å². The standard InChI is InChI=1S/C15H20BrN3/c1-15(2,3)9-19(4)13-6-5-12(17)11-7-10(16)8-18-14(11)13/h5-8H,9,17H2,1-4H3. The zero-order chi connectivity index (χ0) is 14.2. The van der Waals surface area contributed by atoms with Crippen molar-refractivity contribution in [3.8, 4) is 0 Å². The highest BCUT2D eigenvalue weighted by molar-refractivity contribution is 9.10. The van der Waals surface area contributed by atoms with E-state index in [2.05, 4.69) is 53.6 Å². The molecule has 1 heterocycles. The number of benzene rings is 1. The lowest BCUT2D eigenvalue weighted by Crippen LogP contribution is -2.29. The Morgan fingerprint density at radius 2 is 2.00 bits per heavy atom. The lowest BCUT2D eigenvalue weighted by Gasteiger charge is -2.29. The summed E-state index contributed by atoms with van der Waals surface area (Å²) in [7, 11) is 2.10. The minimum Gasteiger partial charge on any atom is -0.398 e. The first kappa shape index (κ1) is 14.1. The summed E-state index contributed by atoms with van der Waals surface area (Å²) in [5, 5.41) is 0.993. The van der Waals surface area contributed by atoms with Crippen LogP contribution < -0.4 is 10.6 Å². The van der Waals surface area contributed by atoms with Gasteiger partial charge in [0, 0.05) is 35.3 Å². The van der Waals surface area contributed by atoms with Crippen LogP contribution >= 0.6 is 15.9 Å². The largest absolute Gasteiger partial charge is 0.398 e. The molecule has 0 radical (unpaired) electrons. The molecule has 2 rings (SSSR count). The highest BCUT2D eigenvalue weighted by atomic mass is 79.9.